The summed E-state index contributed by atoms with van der Waals surface area (Å²) in [5.74, 6) is 0.488. The minimum Gasteiger partial charge on any atom is -0.496 e. The van der Waals surface area contributed by atoms with Crippen LogP contribution in [0.5, 0.6) is 5.75 Å². The number of carbonyl (C=O) groups is 2. The summed E-state index contributed by atoms with van der Waals surface area (Å²) >= 11 is 0. The van der Waals surface area contributed by atoms with Gasteiger partial charge >= 0.3 is 5.97 Å². The highest BCUT2D eigenvalue weighted by atomic mass is 16.5. The van der Waals surface area contributed by atoms with Gasteiger partial charge in [-0.05, 0) is 47.7 Å². The lowest BCUT2D eigenvalue weighted by Gasteiger charge is -2.12. The van der Waals surface area contributed by atoms with E-state index in [1.54, 1.807) is 30.3 Å². The molecule has 0 aliphatic carbocycles. The highest BCUT2D eigenvalue weighted by Crippen LogP contribution is 2.24. The first-order valence-electron chi connectivity index (χ1n) is 10.0. The van der Waals surface area contributed by atoms with Gasteiger partial charge < -0.3 is 13.9 Å². The lowest BCUT2D eigenvalue weighted by molar-refractivity contribution is -0.138. The van der Waals surface area contributed by atoms with Crippen molar-refractivity contribution >= 4 is 23.5 Å². The van der Waals surface area contributed by atoms with Crippen molar-refractivity contribution in [3.8, 4) is 17.1 Å². The lowest BCUT2D eigenvalue weighted by Crippen LogP contribution is -2.15. The number of aromatic nitrogens is 4. The van der Waals surface area contributed by atoms with Crippen molar-refractivity contribution in [1.29, 1.82) is 0 Å². The number of furan rings is 1. The molecule has 0 fully saturated rings. The molecular weight excluding hydrogens is 424 g/mol. The number of hydrogen-bond donors (Lipinski definition) is 0. The highest BCUT2D eigenvalue weighted by Gasteiger charge is 2.22. The number of rotatable bonds is 8. The van der Waals surface area contributed by atoms with Crippen LogP contribution in [0.3, 0.4) is 0 Å². The van der Waals surface area contributed by atoms with Crippen molar-refractivity contribution in [2.75, 3.05) is 7.11 Å². The molecule has 0 saturated heterocycles. The van der Waals surface area contributed by atoms with Crippen molar-refractivity contribution in [2.45, 2.75) is 13.5 Å². The Labute approximate surface area is 189 Å². The van der Waals surface area contributed by atoms with Crippen LogP contribution in [-0.2, 0) is 16.1 Å². The number of methoxy groups -OCH3 is 1. The second-order valence-corrected chi connectivity index (χ2v) is 6.98. The first-order chi connectivity index (χ1) is 16.1. The van der Waals surface area contributed by atoms with Crippen LogP contribution in [0.4, 0.5) is 0 Å². The summed E-state index contributed by atoms with van der Waals surface area (Å²) in [4.78, 5) is 24.9. The summed E-state index contributed by atoms with van der Waals surface area (Å²) in [6.07, 6.45) is 2.99. The fraction of sp³-hybridized carbons (Fsp3) is 0.125. The van der Waals surface area contributed by atoms with Crippen LogP contribution in [0.15, 0.2) is 71.3 Å². The van der Waals surface area contributed by atoms with E-state index >= 15 is 0 Å². The molecule has 9 nitrogen and oxygen atoms in total. The second kappa shape index (κ2) is 9.73. The van der Waals surface area contributed by atoms with Gasteiger partial charge in [-0.1, -0.05) is 30.3 Å². The number of carbonyl (C=O) groups excluding carboxylic acids is 2. The van der Waals surface area contributed by atoms with E-state index in [0.29, 0.717) is 28.5 Å². The van der Waals surface area contributed by atoms with Crippen LogP contribution in [0.25, 0.3) is 23.2 Å². The molecule has 2 aromatic heterocycles. The maximum absolute atomic E-state index is 13.2. The molecule has 0 unspecified atom stereocenters. The number of Topliss-reactive ketones (excluding diaryl/α,β-unsaturated/α-hetero) is 1. The third-order valence-corrected chi connectivity index (χ3v) is 4.81. The Morgan fingerprint density at radius 1 is 1.09 bits per heavy atom. The number of ketones is 1. The molecule has 0 spiro atoms. The molecule has 166 valence electrons. The summed E-state index contributed by atoms with van der Waals surface area (Å²) in [7, 11) is 1.50. The van der Waals surface area contributed by atoms with Crippen molar-refractivity contribution in [1.82, 2.24) is 20.2 Å². The van der Waals surface area contributed by atoms with Crippen LogP contribution in [-0.4, -0.2) is 39.1 Å². The molecule has 2 heterocycles. The summed E-state index contributed by atoms with van der Waals surface area (Å²) in [6.45, 7) is 1.34. The van der Waals surface area contributed by atoms with Crippen molar-refractivity contribution in [2.24, 2.45) is 0 Å². The largest absolute Gasteiger partial charge is 0.496 e. The molecule has 0 N–H and O–H groups in total. The van der Waals surface area contributed by atoms with Crippen LogP contribution < -0.4 is 4.74 Å². The van der Waals surface area contributed by atoms with Crippen molar-refractivity contribution in [3.05, 3.63) is 83.8 Å². The molecule has 0 aliphatic heterocycles. The lowest BCUT2D eigenvalue weighted by atomic mass is 10.1. The standard InChI is InChI=1S/C24H20N4O5/c1-16(29)18-10-11-22(31-2)19(13-18)15-33-24(30)21(14-20-9-6-12-32-20)28-23(25-26-27-28)17-7-4-3-5-8-17/h3-14H,15H2,1-2H3/b21-14+. The third-order valence-electron chi connectivity index (χ3n) is 4.81. The molecule has 0 amide bonds. The number of nitrogens with zero attached hydrogens (tertiary/aromatic N) is 4. The van der Waals surface area contributed by atoms with E-state index in [2.05, 4.69) is 15.5 Å². The van der Waals surface area contributed by atoms with Crippen molar-refractivity contribution in [3.63, 3.8) is 0 Å². The van der Waals surface area contributed by atoms with E-state index < -0.39 is 5.97 Å². The molecular formula is C24H20N4O5. The van der Waals surface area contributed by atoms with E-state index in [-0.39, 0.29) is 18.1 Å². The van der Waals surface area contributed by atoms with Gasteiger partial charge in [0.2, 0.25) is 0 Å². The minimum atomic E-state index is -0.689. The first-order valence-corrected chi connectivity index (χ1v) is 10.0. The summed E-state index contributed by atoms with van der Waals surface area (Å²) in [5, 5.41) is 11.8. The van der Waals surface area contributed by atoms with Gasteiger partial charge in [0, 0.05) is 22.8 Å². The van der Waals surface area contributed by atoms with E-state index in [0.717, 1.165) is 5.56 Å². The molecule has 0 aliphatic rings. The number of ether oxygens (including phenoxy) is 2. The molecule has 0 saturated carbocycles. The van der Waals surface area contributed by atoms with E-state index in [1.165, 1.54) is 31.1 Å². The zero-order chi connectivity index (χ0) is 23.2. The van der Waals surface area contributed by atoms with Gasteiger partial charge in [-0.15, -0.1) is 5.10 Å². The van der Waals surface area contributed by atoms with Gasteiger partial charge in [0.05, 0.1) is 13.4 Å². The van der Waals surface area contributed by atoms with E-state index in [9.17, 15) is 9.59 Å². The monoisotopic (exact) mass is 444 g/mol. The van der Waals surface area contributed by atoms with Gasteiger partial charge in [0.1, 0.15) is 18.1 Å². The van der Waals surface area contributed by atoms with Crippen LogP contribution in [0.2, 0.25) is 0 Å². The molecule has 4 rings (SSSR count). The first kappa shape index (κ1) is 21.7. The maximum atomic E-state index is 13.2. The van der Waals surface area contributed by atoms with Gasteiger partial charge in [0.15, 0.2) is 17.3 Å². The Morgan fingerprint density at radius 2 is 1.91 bits per heavy atom. The number of tetrazole rings is 1. The maximum Gasteiger partial charge on any atom is 0.357 e. The highest BCUT2D eigenvalue weighted by molar-refractivity contribution is 6.15. The summed E-state index contributed by atoms with van der Waals surface area (Å²) in [5.41, 5.74) is 1.81. The quantitative estimate of drug-likeness (QED) is 0.229. The average molecular weight is 444 g/mol. The summed E-state index contributed by atoms with van der Waals surface area (Å²) < 4.78 is 17.6. The van der Waals surface area contributed by atoms with Gasteiger partial charge in [-0.25, -0.2) is 4.79 Å². The van der Waals surface area contributed by atoms with Crippen molar-refractivity contribution < 1.29 is 23.5 Å². The van der Waals surface area contributed by atoms with E-state index in [1.807, 2.05) is 30.3 Å². The second-order valence-electron chi connectivity index (χ2n) is 6.98. The predicted octanol–water partition coefficient (Wildman–Crippen LogP) is 3.89. The van der Waals surface area contributed by atoms with Crippen LogP contribution >= 0.6 is 0 Å². The summed E-state index contributed by atoms with van der Waals surface area (Å²) in [6, 6.07) is 17.6. The molecule has 33 heavy (non-hydrogen) atoms. The molecule has 0 bridgehead atoms. The normalized spacial score (nSPS) is 11.3. The van der Waals surface area contributed by atoms with Gasteiger partial charge in [0.25, 0.3) is 0 Å². The fourth-order valence-electron chi connectivity index (χ4n) is 3.16. The Bertz CT molecular complexity index is 1290. The molecule has 2 aromatic carbocycles. The molecule has 4 aromatic rings. The molecule has 0 radical (unpaired) electrons. The Kier molecular flexibility index (Phi) is 6.40. The smallest absolute Gasteiger partial charge is 0.357 e. The zero-order valence-corrected chi connectivity index (χ0v) is 18.0. The number of benzene rings is 2. The molecule has 0 atom stereocenters. The minimum absolute atomic E-state index is 0.0514. The zero-order valence-electron chi connectivity index (χ0n) is 18.0. The Balaban J connectivity index is 1.67. The predicted molar refractivity (Wildman–Crippen MR) is 119 cm³/mol. The number of hydrogen-bond acceptors (Lipinski definition) is 8. The average Bonchev–Trinajstić information content (AvgIpc) is 3.53. The number of esters is 1. The SMILES string of the molecule is COc1ccc(C(C)=O)cc1COC(=O)/C(=C\c1ccco1)n1nnnc1-c1ccccc1. The van der Waals surface area contributed by atoms with Crippen LogP contribution in [0, 0.1) is 0 Å². The topological polar surface area (TPSA) is 109 Å². The third kappa shape index (κ3) is 4.87. The van der Waals surface area contributed by atoms with Gasteiger partial charge in [-0.3, -0.25) is 4.79 Å². The van der Waals surface area contributed by atoms with Gasteiger partial charge in [-0.2, -0.15) is 4.68 Å². The Hall–Kier alpha value is -4.53. The fourth-order valence-corrected chi connectivity index (χ4v) is 3.16. The molecule has 9 heteroatoms. The van der Waals surface area contributed by atoms with Crippen LogP contribution in [0.1, 0.15) is 28.6 Å². The Morgan fingerprint density at radius 3 is 2.61 bits per heavy atom. The van der Waals surface area contributed by atoms with E-state index in [4.69, 9.17) is 13.9 Å².